The zero-order valence-corrected chi connectivity index (χ0v) is 20.1. The quantitative estimate of drug-likeness (QED) is 0.581. The zero-order chi connectivity index (χ0) is 24.2. The average molecular weight is 475 g/mol. The van der Waals surface area contributed by atoms with Crippen molar-refractivity contribution in [2.45, 2.75) is 32.9 Å². The molecule has 0 aliphatic carbocycles. The number of morpholine rings is 1. The number of carbonyl (C=O) groups excluding carboxylic acids is 1. The molecule has 182 valence electrons. The summed E-state index contributed by atoms with van der Waals surface area (Å²) >= 11 is 0. The van der Waals surface area contributed by atoms with Crippen molar-refractivity contribution in [3.63, 3.8) is 0 Å². The zero-order valence-electron chi connectivity index (χ0n) is 20.1. The van der Waals surface area contributed by atoms with Gasteiger partial charge in [-0.2, -0.15) is 0 Å². The average Bonchev–Trinajstić information content (AvgIpc) is 2.89. The lowest BCUT2D eigenvalue weighted by molar-refractivity contribution is 0.0984. The Morgan fingerprint density at radius 2 is 2.03 bits per heavy atom. The first-order valence-electron chi connectivity index (χ1n) is 12.0. The number of benzene rings is 1. The highest BCUT2D eigenvalue weighted by Gasteiger charge is 2.29. The van der Waals surface area contributed by atoms with Crippen LogP contribution in [0.4, 0.5) is 22.1 Å². The van der Waals surface area contributed by atoms with Crippen molar-refractivity contribution in [3.8, 4) is 11.4 Å². The van der Waals surface area contributed by atoms with E-state index in [1.165, 1.54) is 0 Å². The number of aromatic nitrogens is 4. The standard InChI is InChI=1S/C25H30N8O2/c1-3-27-25(34)29-19-6-4-18(5-7-19)23-30-21-8-11-32(22-14-26-9-10-28-22)15-20(21)24(31-23)33-12-13-35-16-17(33)2/h4-7,9-10,14,17H,3,8,11-13,15-16H2,1-2H3,(H2,27,29,34)/t17-/m0/s1. The molecule has 3 aromatic rings. The summed E-state index contributed by atoms with van der Waals surface area (Å²) in [4.78, 5) is 35.2. The van der Waals surface area contributed by atoms with Crippen molar-refractivity contribution in [2.75, 3.05) is 48.0 Å². The Hall–Kier alpha value is -3.79. The van der Waals surface area contributed by atoms with Crippen molar-refractivity contribution in [2.24, 2.45) is 0 Å². The second kappa shape index (κ2) is 10.2. The number of nitrogens with zero attached hydrogens (tertiary/aromatic N) is 6. The van der Waals surface area contributed by atoms with Crippen LogP contribution in [0.15, 0.2) is 42.9 Å². The van der Waals surface area contributed by atoms with Gasteiger partial charge >= 0.3 is 6.03 Å². The summed E-state index contributed by atoms with van der Waals surface area (Å²) in [5, 5.41) is 5.57. The lowest BCUT2D eigenvalue weighted by Gasteiger charge is -2.38. The molecule has 5 rings (SSSR count). The van der Waals surface area contributed by atoms with Gasteiger partial charge in [0.25, 0.3) is 0 Å². The number of urea groups is 1. The van der Waals surface area contributed by atoms with Gasteiger partial charge in [0.05, 0.1) is 31.1 Å². The molecule has 1 fully saturated rings. The smallest absolute Gasteiger partial charge is 0.319 e. The summed E-state index contributed by atoms with van der Waals surface area (Å²) in [5.41, 5.74) is 3.83. The molecule has 2 aliphatic rings. The summed E-state index contributed by atoms with van der Waals surface area (Å²) in [6, 6.07) is 7.64. The molecule has 0 radical (unpaired) electrons. The van der Waals surface area contributed by atoms with E-state index in [1.807, 2.05) is 31.2 Å². The van der Waals surface area contributed by atoms with Crippen molar-refractivity contribution in [3.05, 3.63) is 54.1 Å². The SMILES string of the molecule is CCNC(=O)Nc1ccc(-c2nc3c(c(N4CCOC[C@@H]4C)n2)CN(c2cnccn2)CC3)cc1. The first-order valence-corrected chi connectivity index (χ1v) is 12.0. The molecule has 2 amide bonds. The predicted octanol–water partition coefficient (Wildman–Crippen LogP) is 2.86. The first kappa shape index (κ1) is 23.0. The maximum absolute atomic E-state index is 11.8. The van der Waals surface area contributed by atoms with Gasteiger partial charge in [0.2, 0.25) is 0 Å². The highest BCUT2D eigenvalue weighted by atomic mass is 16.5. The highest BCUT2D eigenvalue weighted by Crippen LogP contribution is 2.32. The van der Waals surface area contributed by atoms with Gasteiger partial charge in [-0.05, 0) is 38.1 Å². The first-order chi connectivity index (χ1) is 17.1. The Bertz CT molecular complexity index is 1170. The molecule has 2 aromatic heterocycles. The maximum Gasteiger partial charge on any atom is 0.319 e. The molecular formula is C25H30N8O2. The van der Waals surface area contributed by atoms with Crippen LogP contribution in [-0.4, -0.2) is 64.9 Å². The fraction of sp³-hybridized carbons (Fsp3) is 0.400. The van der Waals surface area contributed by atoms with Crippen molar-refractivity contribution < 1.29 is 9.53 Å². The van der Waals surface area contributed by atoms with Gasteiger partial charge in [-0.25, -0.2) is 19.7 Å². The minimum atomic E-state index is -0.221. The predicted molar refractivity (Wildman–Crippen MR) is 135 cm³/mol. The number of hydrogen-bond donors (Lipinski definition) is 2. The summed E-state index contributed by atoms with van der Waals surface area (Å²) in [6.45, 7) is 8.25. The number of nitrogens with one attached hydrogen (secondary N) is 2. The molecule has 0 unspecified atom stereocenters. The molecule has 1 aromatic carbocycles. The molecule has 0 saturated carbocycles. The normalized spacial score (nSPS) is 17.6. The second-order valence-electron chi connectivity index (χ2n) is 8.71. The van der Waals surface area contributed by atoms with Crippen LogP contribution in [0, 0.1) is 0 Å². The third kappa shape index (κ3) is 5.02. The van der Waals surface area contributed by atoms with E-state index in [1.54, 1.807) is 18.6 Å². The molecule has 0 spiro atoms. The van der Waals surface area contributed by atoms with E-state index in [9.17, 15) is 4.79 Å². The number of anilines is 3. The number of fused-ring (bicyclic) bond motifs is 1. The number of carbonyl (C=O) groups is 1. The van der Waals surface area contributed by atoms with Gasteiger partial charge in [-0.15, -0.1) is 0 Å². The summed E-state index contributed by atoms with van der Waals surface area (Å²) in [5.74, 6) is 2.51. The highest BCUT2D eigenvalue weighted by molar-refractivity contribution is 5.89. The summed E-state index contributed by atoms with van der Waals surface area (Å²) in [7, 11) is 0. The molecule has 1 atom stereocenters. The molecular weight excluding hydrogens is 444 g/mol. The Morgan fingerprint density at radius 1 is 1.17 bits per heavy atom. The van der Waals surface area contributed by atoms with Gasteiger partial charge < -0.3 is 25.2 Å². The van der Waals surface area contributed by atoms with Gasteiger partial charge in [0.15, 0.2) is 5.82 Å². The lowest BCUT2D eigenvalue weighted by Crippen LogP contribution is -2.45. The fourth-order valence-corrected chi connectivity index (χ4v) is 4.49. The minimum absolute atomic E-state index is 0.214. The van der Waals surface area contributed by atoms with Crippen LogP contribution in [0.2, 0.25) is 0 Å². The summed E-state index contributed by atoms with van der Waals surface area (Å²) < 4.78 is 5.69. The van der Waals surface area contributed by atoms with Gasteiger partial charge in [-0.3, -0.25) is 4.98 Å². The van der Waals surface area contributed by atoms with Crippen LogP contribution in [0.3, 0.4) is 0 Å². The van der Waals surface area contributed by atoms with E-state index in [2.05, 4.69) is 37.3 Å². The molecule has 35 heavy (non-hydrogen) atoms. The van der Waals surface area contributed by atoms with E-state index in [0.717, 1.165) is 53.7 Å². The van der Waals surface area contributed by atoms with Crippen LogP contribution in [-0.2, 0) is 17.7 Å². The molecule has 2 aliphatic heterocycles. The van der Waals surface area contributed by atoms with Crippen LogP contribution in [0.1, 0.15) is 25.1 Å². The number of rotatable bonds is 5. The van der Waals surface area contributed by atoms with E-state index in [0.29, 0.717) is 32.1 Å². The van der Waals surface area contributed by atoms with Gasteiger partial charge in [0.1, 0.15) is 11.6 Å². The monoisotopic (exact) mass is 474 g/mol. The Labute approximate surface area is 204 Å². The minimum Gasteiger partial charge on any atom is -0.377 e. The van der Waals surface area contributed by atoms with Crippen LogP contribution >= 0.6 is 0 Å². The van der Waals surface area contributed by atoms with Crippen molar-refractivity contribution >= 4 is 23.4 Å². The van der Waals surface area contributed by atoms with E-state index >= 15 is 0 Å². The van der Waals surface area contributed by atoms with Crippen molar-refractivity contribution in [1.82, 2.24) is 25.3 Å². The van der Waals surface area contributed by atoms with Crippen LogP contribution < -0.4 is 20.4 Å². The molecule has 10 nitrogen and oxygen atoms in total. The third-order valence-corrected chi connectivity index (χ3v) is 6.29. The molecule has 1 saturated heterocycles. The number of hydrogen-bond acceptors (Lipinski definition) is 8. The van der Waals surface area contributed by atoms with E-state index in [-0.39, 0.29) is 12.1 Å². The molecule has 0 bridgehead atoms. The topological polar surface area (TPSA) is 108 Å². The maximum atomic E-state index is 11.8. The molecule has 10 heteroatoms. The van der Waals surface area contributed by atoms with Gasteiger partial charge in [-0.1, -0.05) is 0 Å². The summed E-state index contributed by atoms with van der Waals surface area (Å²) in [6.07, 6.45) is 6.01. The second-order valence-corrected chi connectivity index (χ2v) is 8.71. The van der Waals surface area contributed by atoms with Gasteiger partial charge in [0, 0.05) is 61.8 Å². The lowest BCUT2D eigenvalue weighted by atomic mass is 10.0. The molecule has 2 N–H and O–H groups in total. The third-order valence-electron chi connectivity index (χ3n) is 6.29. The van der Waals surface area contributed by atoms with E-state index in [4.69, 9.17) is 14.7 Å². The Morgan fingerprint density at radius 3 is 2.77 bits per heavy atom. The largest absolute Gasteiger partial charge is 0.377 e. The molecule has 4 heterocycles. The van der Waals surface area contributed by atoms with Crippen LogP contribution in [0.5, 0.6) is 0 Å². The number of ether oxygens (including phenoxy) is 1. The number of amides is 2. The van der Waals surface area contributed by atoms with Crippen LogP contribution in [0.25, 0.3) is 11.4 Å². The Kier molecular flexibility index (Phi) is 6.71. The Balaban J connectivity index is 1.49. The van der Waals surface area contributed by atoms with Crippen molar-refractivity contribution in [1.29, 1.82) is 0 Å². The van der Waals surface area contributed by atoms with E-state index < -0.39 is 0 Å². The fourth-order valence-electron chi connectivity index (χ4n) is 4.49.